The van der Waals surface area contributed by atoms with E-state index in [4.69, 9.17) is 4.74 Å². The van der Waals surface area contributed by atoms with E-state index in [0.717, 1.165) is 5.56 Å². The second-order valence-corrected chi connectivity index (χ2v) is 6.11. The number of methoxy groups -OCH3 is 1. The van der Waals surface area contributed by atoms with Crippen LogP contribution in [0.15, 0.2) is 41.6 Å². The summed E-state index contributed by atoms with van der Waals surface area (Å²) >= 11 is 0. The Balaban J connectivity index is 2.28. The number of ether oxygens (including phenoxy) is 1. The van der Waals surface area contributed by atoms with E-state index in [1.54, 1.807) is 24.3 Å². The lowest BCUT2D eigenvalue weighted by Gasteiger charge is -2.05. The molecule has 1 heterocycles. The molecular formula is C13H14N2O3S. The summed E-state index contributed by atoms with van der Waals surface area (Å²) in [7, 11) is -1.93. The standard InChI is InChI=1S/C13H14N2O3S/c1-10-3-5-12(6-4-10)19(16,17)8-11-7-13(18-2)15-9-14-11/h3-7,9H,8H2,1-2H3. The Morgan fingerprint density at radius 2 is 1.84 bits per heavy atom. The van der Waals surface area contributed by atoms with Gasteiger partial charge in [0.15, 0.2) is 9.84 Å². The highest BCUT2D eigenvalue weighted by atomic mass is 32.2. The number of hydrogen-bond acceptors (Lipinski definition) is 5. The average Bonchev–Trinajstić information content (AvgIpc) is 2.39. The molecule has 0 aliphatic rings. The molecule has 100 valence electrons. The summed E-state index contributed by atoms with van der Waals surface area (Å²) in [6.07, 6.45) is 1.29. The molecular weight excluding hydrogens is 264 g/mol. The summed E-state index contributed by atoms with van der Waals surface area (Å²) in [6, 6.07) is 8.26. The maximum atomic E-state index is 12.2. The summed E-state index contributed by atoms with van der Waals surface area (Å²) in [6.45, 7) is 1.91. The topological polar surface area (TPSA) is 69.2 Å². The van der Waals surface area contributed by atoms with E-state index in [1.165, 1.54) is 19.5 Å². The van der Waals surface area contributed by atoms with Crippen LogP contribution in [0.2, 0.25) is 0 Å². The van der Waals surface area contributed by atoms with Gasteiger partial charge in [-0.15, -0.1) is 0 Å². The summed E-state index contributed by atoms with van der Waals surface area (Å²) in [5, 5.41) is 0. The van der Waals surface area contributed by atoms with Gasteiger partial charge in [-0.3, -0.25) is 0 Å². The third-order valence-electron chi connectivity index (χ3n) is 2.63. The quantitative estimate of drug-likeness (QED) is 0.852. The van der Waals surface area contributed by atoms with Crippen LogP contribution in [0.25, 0.3) is 0 Å². The van der Waals surface area contributed by atoms with Crippen molar-refractivity contribution in [3.8, 4) is 5.88 Å². The minimum Gasteiger partial charge on any atom is -0.481 e. The Labute approximate surface area is 112 Å². The van der Waals surface area contributed by atoms with Crippen molar-refractivity contribution in [2.24, 2.45) is 0 Å². The Bertz CT molecular complexity index is 667. The smallest absolute Gasteiger partial charge is 0.216 e. The van der Waals surface area contributed by atoms with Gasteiger partial charge in [0.2, 0.25) is 5.88 Å². The molecule has 1 aromatic carbocycles. The van der Waals surface area contributed by atoms with Gasteiger partial charge >= 0.3 is 0 Å². The fraction of sp³-hybridized carbons (Fsp3) is 0.231. The second kappa shape index (κ2) is 5.36. The third kappa shape index (κ3) is 3.29. The number of sulfone groups is 1. The van der Waals surface area contributed by atoms with E-state index >= 15 is 0 Å². The molecule has 0 unspecified atom stereocenters. The Morgan fingerprint density at radius 1 is 1.16 bits per heavy atom. The first-order chi connectivity index (χ1) is 9.01. The molecule has 0 atom stereocenters. The van der Waals surface area contributed by atoms with Crippen LogP contribution >= 0.6 is 0 Å². The molecule has 0 bridgehead atoms. The first-order valence-corrected chi connectivity index (χ1v) is 7.31. The lowest BCUT2D eigenvalue weighted by atomic mass is 10.2. The minimum absolute atomic E-state index is 0.172. The summed E-state index contributed by atoms with van der Waals surface area (Å²) in [4.78, 5) is 8.08. The van der Waals surface area contributed by atoms with Crippen LogP contribution < -0.4 is 4.74 Å². The maximum absolute atomic E-state index is 12.2. The molecule has 1 aromatic heterocycles. The molecule has 0 aliphatic carbocycles. The first-order valence-electron chi connectivity index (χ1n) is 5.65. The average molecular weight is 278 g/mol. The third-order valence-corrected chi connectivity index (χ3v) is 4.29. The van der Waals surface area contributed by atoms with E-state index < -0.39 is 9.84 Å². The molecule has 0 fully saturated rings. The zero-order valence-corrected chi connectivity index (χ0v) is 11.5. The van der Waals surface area contributed by atoms with Crippen molar-refractivity contribution < 1.29 is 13.2 Å². The van der Waals surface area contributed by atoms with Gasteiger partial charge < -0.3 is 4.74 Å². The summed E-state index contributed by atoms with van der Waals surface area (Å²) in [5.74, 6) is 0.179. The van der Waals surface area contributed by atoms with Gasteiger partial charge in [-0.25, -0.2) is 18.4 Å². The predicted molar refractivity (Wildman–Crippen MR) is 70.7 cm³/mol. The normalized spacial score (nSPS) is 11.3. The van der Waals surface area contributed by atoms with E-state index in [2.05, 4.69) is 9.97 Å². The van der Waals surface area contributed by atoms with Gasteiger partial charge in [0, 0.05) is 6.07 Å². The molecule has 0 saturated heterocycles. The molecule has 6 heteroatoms. The molecule has 0 amide bonds. The Morgan fingerprint density at radius 3 is 2.47 bits per heavy atom. The highest BCUT2D eigenvalue weighted by molar-refractivity contribution is 7.90. The zero-order chi connectivity index (χ0) is 13.9. The van der Waals surface area contributed by atoms with Gasteiger partial charge in [-0.05, 0) is 19.1 Å². The van der Waals surface area contributed by atoms with Crippen molar-refractivity contribution >= 4 is 9.84 Å². The highest BCUT2D eigenvalue weighted by Gasteiger charge is 2.16. The van der Waals surface area contributed by atoms with Crippen LogP contribution in [0.4, 0.5) is 0 Å². The second-order valence-electron chi connectivity index (χ2n) is 4.12. The molecule has 2 rings (SSSR count). The van der Waals surface area contributed by atoms with Gasteiger partial charge in [0.05, 0.1) is 23.5 Å². The molecule has 0 radical (unpaired) electrons. The van der Waals surface area contributed by atoms with E-state index in [9.17, 15) is 8.42 Å². The molecule has 0 saturated carbocycles. The number of aryl methyl sites for hydroxylation is 1. The summed E-state index contributed by atoms with van der Waals surface area (Å²) < 4.78 is 29.4. The van der Waals surface area contributed by atoms with Gasteiger partial charge in [0.1, 0.15) is 6.33 Å². The van der Waals surface area contributed by atoms with Crippen LogP contribution in [0.5, 0.6) is 5.88 Å². The van der Waals surface area contributed by atoms with Crippen LogP contribution in [0.3, 0.4) is 0 Å². The maximum Gasteiger partial charge on any atom is 0.216 e. The van der Waals surface area contributed by atoms with Crippen molar-refractivity contribution in [2.75, 3.05) is 7.11 Å². The SMILES string of the molecule is COc1cc(CS(=O)(=O)c2ccc(C)cc2)ncn1. The minimum atomic E-state index is -3.40. The molecule has 2 aromatic rings. The van der Waals surface area contributed by atoms with Crippen LogP contribution in [0.1, 0.15) is 11.3 Å². The number of hydrogen-bond donors (Lipinski definition) is 0. The lowest BCUT2D eigenvalue weighted by Crippen LogP contribution is -2.07. The predicted octanol–water partition coefficient (Wildman–Crippen LogP) is 1.77. The Hall–Kier alpha value is -1.95. The Kier molecular flexibility index (Phi) is 3.80. The number of aromatic nitrogens is 2. The van der Waals surface area contributed by atoms with Crippen molar-refractivity contribution in [3.05, 3.63) is 47.9 Å². The van der Waals surface area contributed by atoms with E-state index in [1.807, 2.05) is 6.92 Å². The van der Waals surface area contributed by atoms with Crippen molar-refractivity contribution in [1.29, 1.82) is 0 Å². The molecule has 5 nitrogen and oxygen atoms in total. The monoisotopic (exact) mass is 278 g/mol. The molecule has 19 heavy (non-hydrogen) atoms. The largest absolute Gasteiger partial charge is 0.481 e. The lowest BCUT2D eigenvalue weighted by molar-refractivity contribution is 0.396. The number of nitrogens with zero attached hydrogens (tertiary/aromatic N) is 2. The van der Waals surface area contributed by atoms with Crippen molar-refractivity contribution in [3.63, 3.8) is 0 Å². The highest BCUT2D eigenvalue weighted by Crippen LogP contribution is 2.17. The zero-order valence-electron chi connectivity index (χ0n) is 10.7. The van der Waals surface area contributed by atoms with E-state index in [0.29, 0.717) is 11.6 Å². The van der Waals surface area contributed by atoms with E-state index in [-0.39, 0.29) is 10.6 Å². The van der Waals surface area contributed by atoms with Gasteiger partial charge in [-0.1, -0.05) is 17.7 Å². The molecule has 0 N–H and O–H groups in total. The van der Waals surface area contributed by atoms with Crippen LogP contribution in [-0.4, -0.2) is 25.5 Å². The van der Waals surface area contributed by atoms with Crippen LogP contribution in [-0.2, 0) is 15.6 Å². The fourth-order valence-electron chi connectivity index (χ4n) is 1.59. The molecule has 0 aliphatic heterocycles. The molecule has 0 spiro atoms. The van der Waals surface area contributed by atoms with Gasteiger partial charge in [-0.2, -0.15) is 0 Å². The first kappa shape index (κ1) is 13.5. The van der Waals surface area contributed by atoms with Crippen molar-refractivity contribution in [1.82, 2.24) is 9.97 Å². The number of rotatable bonds is 4. The fourth-order valence-corrected chi connectivity index (χ4v) is 2.86. The summed E-state index contributed by atoms with van der Waals surface area (Å²) in [5.41, 5.74) is 1.43. The van der Waals surface area contributed by atoms with Crippen molar-refractivity contribution in [2.45, 2.75) is 17.6 Å². The number of benzene rings is 1. The van der Waals surface area contributed by atoms with Gasteiger partial charge in [0.25, 0.3) is 0 Å². The van der Waals surface area contributed by atoms with Crippen LogP contribution in [0, 0.1) is 6.92 Å².